The number of nitrogens with zero attached hydrogens (tertiary/aromatic N) is 4. The van der Waals surface area contributed by atoms with Crippen molar-refractivity contribution in [2.24, 2.45) is 0 Å². The number of ether oxygens (including phenoxy) is 1. The molecule has 0 heterocycles. The standard InChI is InChI=1S/C78H58N4O/c1-55-27-28-61-52-72(40-33-60(61)51-55)79(68-42-46-70(47-43-68)81(64-19-5-3-6-20-64)77-25-13-17-58-15-9-11-23-75(58)77)66-36-29-56(30-37-66)57-31-38-67(39-32-57)80(73-41-34-63-54-74(83-2)50-35-62(63)53-73)69-44-48-71(49-45-69)82(65-21-7-4-8-22-65)78-26-14-18-59-16-10-12-24-76(59)78/h3-54H,1-2H3. The Hall–Kier alpha value is -10.9. The van der Waals surface area contributed by atoms with Crippen molar-refractivity contribution in [1.29, 1.82) is 0 Å². The molecule has 5 nitrogen and oxygen atoms in total. The van der Waals surface area contributed by atoms with Crippen LogP contribution in [-0.2, 0) is 0 Å². The summed E-state index contributed by atoms with van der Waals surface area (Å²) < 4.78 is 5.61. The van der Waals surface area contributed by atoms with Crippen LogP contribution in [0.1, 0.15) is 5.56 Å². The van der Waals surface area contributed by atoms with Gasteiger partial charge in [-0.05, 0) is 196 Å². The second kappa shape index (κ2) is 22.0. The van der Waals surface area contributed by atoms with Crippen LogP contribution < -0.4 is 24.3 Å². The van der Waals surface area contributed by atoms with Crippen LogP contribution >= 0.6 is 0 Å². The molecule has 5 heteroatoms. The maximum Gasteiger partial charge on any atom is 0.119 e. The first-order chi connectivity index (χ1) is 41.0. The van der Waals surface area contributed by atoms with Gasteiger partial charge in [-0.15, -0.1) is 0 Å². The van der Waals surface area contributed by atoms with Crippen molar-refractivity contribution in [3.8, 4) is 16.9 Å². The molecule has 0 spiro atoms. The molecule has 0 aliphatic rings. The van der Waals surface area contributed by atoms with Gasteiger partial charge in [0.2, 0.25) is 0 Å². The minimum Gasteiger partial charge on any atom is -0.497 e. The largest absolute Gasteiger partial charge is 0.497 e. The Morgan fingerprint density at radius 1 is 0.229 bits per heavy atom. The van der Waals surface area contributed by atoms with Gasteiger partial charge in [0, 0.05) is 67.6 Å². The van der Waals surface area contributed by atoms with Crippen molar-refractivity contribution < 1.29 is 4.74 Å². The number of fused-ring (bicyclic) bond motifs is 4. The Kier molecular flexibility index (Phi) is 13.3. The van der Waals surface area contributed by atoms with Crippen LogP contribution in [0, 0.1) is 6.92 Å². The van der Waals surface area contributed by atoms with Crippen molar-refractivity contribution in [3.05, 3.63) is 321 Å². The molecule has 14 rings (SSSR count). The van der Waals surface area contributed by atoms with Crippen LogP contribution in [0.5, 0.6) is 5.75 Å². The van der Waals surface area contributed by atoms with E-state index in [1.165, 1.54) is 37.9 Å². The molecular formula is C78H58N4O. The lowest BCUT2D eigenvalue weighted by Crippen LogP contribution is -2.12. The smallest absolute Gasteiger partial charge is 0.119 e. The zero-order valence-electron chi connectivity index (χ0n) is 46.2. The molecule has 396 valence electrons. The van der Waals surface area contributed by atoms with Gasteiger partial charge < -0.3 is 24.3 Å². The maximum absolute atomic E-state index is 5.61. The molecular weight excluding hydrogens is 1010 g/mol. The summed E-state index contributed by atoms with van der Waals surface area (Å²) in [6, 6.07) is 114. The number of para-hydroxylation sites is 2. The number of hydrogen-bond acceptors (Lipinski definition) is 5. The summed E-state index contributed by atoms with van der Waals surface area (Å²) in [6.07, 6.45) is 0. The number of benzene rings is 14. The molecule has 0 atom stereocenters. The lowest BCUT2D eigenvalue weighted by atomic mass is 10.0. The molecule has 83 heavy (non-hydrogen) atoms. The first-order valence-corrected chi connectivity index (χ1v) is 28.2. The Morgan fingerprint density at radius 2 is 0.554 bits per heavy atom. The molecule has 0 saturated carbocycles. The van der Waals surface area contributed by atoms with Gasteiger partial charge in [-0.3, -0.25) is 0 Å². The monoisotopic (exact) mass is 1070 g/mol. The van der Waals surface area contributed by atoms with Gasteiger partial charge in [0.25, 0.3) is 0 Å². The summed E-state index contributed by atoms with van der Waals surface area (Å²) >= 11 is 0. The molecule has 0 amide bonds. The van der Waals surface area contributed by atoms with E-state index in [0.717, 1.165) is 95.9 Å². The third-order valence-electron chi connectivity index (χ3n) is 15.9. The van der Waals surface area contributed by atoms with E-state index >= 15 is 0 Å². The van der Waals surface area contributed by atoms with Crippen LogP contribution in [0.25, 0.3) is 54.2 Å². The van der Waals surface area contributed by atoms with Crippen molar-refractivity contribution >= 4 is 111 Å². The van der Waals surface area contributed by atoms with Crippen LogP contribution in [0.4, 0.5) is 68.2 Å². The molecule has 0 radical (unpaired) electrons. The van der Waals surface area contributed by atoms with Gasteiger partial charge in [0.05, 0.1) is 18.5 Å². The van der Waals surface area contributed by atoms with Gasteiger partial charge in [-0.1, -0.05) is 175 Å². The second-order valence-electron chi connectivity index (χ2n) is 21.1. The molecule has 14 aromatic rings. The van der Waals surface area contributed by atoms with Gasteiger partial charge in [-0.25, -0.2) is 0 Å². The third-order valence-corrected chi connectivity index (χ3v) is 15.9. The molecule has 14 aromatic carbocycles. The zero-order valence-corrected chi connectivity index (χ0v) is 46.2. The van der Waals surface area contributed by atoms with Crippen molar-refractivity contribution in [2.45, 2.75) is 6.92 Å². The van der Waals surface area contributed by atoms with E-state index in [9.17, 15) is 0 Å². The average Bonchev–Trinajstić information content (AvgIpc) is 3.60. The molecule has 0 bridgehead atoms. The quantitative estimate of drug-likeness (QED) is 0.108. The van der Waals surface area contributed by atoms with E-state index in [0.29, 0.717) is 0 Å². The Balaban J connectivity index is 0.814. The predicted octanol–water partition coefficient (Wildman–Crippen LogP) is 22.2. The highest BCUT2D eigenvalue weighted by Crippen LogP contribution is 2.45. The summed E-state index contributed by atoms with van der Waals surface area (Å²) in [7, 11) is 1.72. The average molecular weight is 1070 g/mol. The van der Waals surface area contributed by atoms with E-state index in [4.69, 9.17) is 4.74 Å². The summed E-state index contributed by atoms with van der Waals surface area (Å²) in [5.74, 6) is 0.838. The summed E-state index contributed by atoms with van der Waals surface area (Å²) in [5.41, 5.74) is 16.5. The fourth-order valence-corrected chi connectivity index (χ4v) is 11.8. The molecule has 0 aliphatic carbocycles. The number of aryl methyl sites for hydroxylation is 1. The Morgan fingerprint density at radius 3 is 1.00 bits per heavy atom. The lowest BCUT2D eigenvalue weighted by molar-refractivity contribution is 0.415. The maximum atomic E-state index is 5.61. The predicted molar refractivity (Wildman–Crippen MR) is 352 cm³/mol. The van der Waals surface area contributed by atoms with Gasteiger partial charge in [0.15, 0.2) is 0 Å². The Bertz CT molecular complexity index is 4590. The number of hydrogen-bond donors (Lipinski definition) is 0. The number of methoxy groups -OCH3 is 1. The highest BCUT2D eigenvalue weighted by Gasteiger charge is 2.21. The minimum atomic E-state index is 0.838. The molecule has 0 unspecified atom stereocenters. The highest BCUT2D eigenvalue weighted by molar-refractivity contribution is 6.01. The minimum absolute atomic E-state index is 0.838. The topological polar surface area (TPSA) is 22.2 Å². The molecule has 0 aromatic heterocycles. The Labute approximate surface area is 485 Å². The summed E-state index contributed by atoms with van der Waals surface area (Å²) in [4.78, 5) is 9.42. The summed E-state index contributed by atoms with van der Waals surface area (Å²) in [6.45, 7) is 2.15. The normalized spacial score (nSPS) is 11.3. The van der Waals surface area contributed by atoms with E-state index in [1.54, 1.807) is 7.11 Å². The zero-order chi connectivity index (χ0) is 55.6. The van der Waals surface area contributed by atoms with Crippen LogP contribution in [0.15, 0.2) is 315 Å². The highest BCUT2D eigenvalue weighted by atomic mass is 16.5. The van der Waals surface area contributed by atoms with Gasteiger partial charge in [-0.2, -0.15) is 0 Å². The fourth-order valence-electron chi connectivity index (χ4n) is 11.8. The van der Waals surface area contributed by atoms with Crippen molar-refractivity contribution in [1.82, 2.24) is 0 Å². The molecule has 0 N–H and O–H groups in total. The lowest BCUT2D eigenvalue weighted by Gasteiger charge is -2.29. The van der Waals surface area contributed by atoms with Gasteiger partial charge >= 0.3 is 0 Å². The molecule has 0 saturated heterocycles. The van der Waals surface area contributed by atoms with E-state index in [1.807, 2.05) is 6.07 Å². The third kappa shape index (κ3) is 9.91. The van der Waals surface area contributed by atoms with Gasteiger partial charge in [0.1, 0.15) is 5.75 Å². The number of anilines is 12. The fraction of sp³-hybridized carbons (Fsp3) is 0.0256. The number of rotatable bonds is 14. The molecule has 0 aliphatic heterocycles. The first kappa shape index (κ1) is 50.3. The van der Waals surface area contributed by atoms with Crippen molar-refractivity contribution in [3.63, 3.8) is 0 Å². The van der Waals surface area contributed by atoms with E-state index < -0.39 is 0 Å². The van der Waals surface area contributed by atoms with E-state index in [-0.39, 0.29) is 0 Å². The van der Waals surface area contributed by atoms with E-state index in [2.05, 4.69) is 336 Å². The first-order valence-electron chi connectivity index (χ1n) is 28.2. The van der Waals surface area contributed by atoms with Crippen LogP contribution in [0.2, 0.25) is 0 Å². The van der Waals surface area contributed by atoms with Crippen LogP contribution in [-0.4, -0.2) is 7.11 Å². The SMILES string of the molecule is COc1ccc2cc(N(c3ccc(-c4ccc(N(c5ccc(N(c6ccccc6)c6cccc7ccccc67)cc5)c5ccc6cc(C)ccc6c5)cc4)cc3)c3ccc(N(c4ccccc4)c4cccc5ccccc45)cc3)ccc2c1. The summed E-state index contributed by atoms with van der Waals surface area (Å²) in [5, 5.41) is 9.46. The second-order valence-corrected chi connectivity index (χ2v) is 21.1. The molecule has 0 fully saturated rings. The van der Waals surface area contributed by atoms with Crippen LogP contribution in [0.3, 0.4) is 0 Å². The van der Waals surface area contributed by atoms with Crippen molar-refractivity contribution in [2.75, 3.05) is 26.7 Å².